The van der Waals surface area contributed by atoms with E-state index < -0.39 is 0 Å². The van der Waals surface area contributed by atoms with Gasteiger partial charge in [-0.15, -0.1) is 0 Å². The quantitative estimate of drug-likeness (QED) is 0.821. The Kier molecular flexibility index (Phi) is 6.22. The summed E-state index contributed by atoms with van der Waals surface area (Å²) in [4.78, 5) is 11.1. The number of esters is 1. The molecule has 0 aliphatic heterocycles. The molecule has 0 radical (unpaired) electrons. The lowest BCUT2D eigenvalue weighted by atomic mass is 10.1. The van der Waals surface area contributed by atoms with Crippen LogP contribution >= 0.6 is 15.9 Å². The first-order chi connectivity index (χ1) is 8.13. The molecule has 0 aromatic heterocycles. The fraction of sp³-hybridized carbons (Fsp3) is 0.462. The smallest absolute Gasteiger partial charge is 0.307 e. The van der Waals surface area contributed by atoms with E-state index >= 15 is 0 Å². The lowest BCUT2D eigenvalue weighted by Gasteiger charge is -2.13. The highest BCUT2D eigenvalue weighted by molar-refractivity contribution is 9.10. The van der Waals surface area contributed by atoms with Crippen LogP contribution in [0.2, 0.25) is 0 Å². The monoisotopic (exact) mass is 299 g/mol. The fourth-order valence-corrected chi connectivity index (χ4v) is 1.76. The molecule has 1 aromatic carbocycles. The molecule has 0 aliphatic rings. The number of benzene rings is 1. The van der Waals surface area contributed by atoms with E-state index in [1.807, 2.05) is 19.1 Å². The Morgan fingerprint density at radius 3 is 2.65 bits per heavy atom. The van der Waals surface area contributed by atoms with Crippen molar-refractivity contribution < 1.29 is 9.53 Å². The summed E-state index contributed by atoms with van der Waals surface area (Å²) in [5.41, 5.74) is 1.21. The first kappa shape index (κ1) is 14.2. The standard InChI is InChI=1S/C13H18BrNO2/c1-3-17-13(16)8-9-15-10(2)11-4-6-12(14)7-5-11/h4-7,10,15H,3,8-9H2,1-2H3/t10-/m0/s1. The van der Waals surface area contributed by atoms with Crippen LogP contribution in [0.25, 0.3) is 0 Å². The molecule has 3 nitrogen and oxygen atoms in total. The predicted molar refractivity (Wildman–Crippen MR) is 71.8 cm³/mol. The Hall–Kier alpha value is -0.870. The highest BCUT2D eigenvalue weighted by Gasteiger charge is 2.06. The third kappa shape index (κ3) is 5.33. The molecule has 0 spiro atoms. The van der Waals surface area contributed by atoms with Crippen LogP contribution in [0, 0.1) is 0 Å². The molecule has 0 heterocycles. The summed E-state index contributed by atoms with van der Waals surface area (Å²) in [7, 11) is 0. The second kappa shape index (κ2) is 7.45. The van der Waals surface area contributed by atoms with Crippen LogP contribution in [0.3, 0.4) is 0 Å². The number of carbonyl (C=O) groups is 1. The van der Waals surface area contributed by atoms with Gasteiger partial charge >= 0.3 is 5.97 Å². The molecule has 0 aliphatic carbocycles. The number of carbonyl (C=O) groups excluding carboxylic acids is 1. The number of ether oxygens (including phenoxy) is 1. The molecule has 0 amide bonds. The van der Waals surface area contributed by atoms with Gasteiger partial charge in [0.05, 0.1) is 13.0 Å². The number of nitrogens with one attached hydrogen (secondary N) is 1. The Balaban J connectivity index is 2.32. The minimum absolute atomic E-state index is 0.150. The molecule has 17 heavy (non-hydrogen) atoms. The molecular formula is C13H18BrNO2. The van der Waals surface area contributed by atoms with Gasteiger partial charge in [0.1, 0.15) is 0 Å². The maximum Gasteiger partial charge on any atom is 0.307 e. The summed E-state index contributed by atoms with van der Waals surface area (Å²) in [6, 6.07) is 8.38. The topological polar surface area (TPSA) is 38.3 Å². The lowest BCUT2D eigenvalue weighted by Crippen LogP contribution is -2.22. The molecule has 1 rings (SSSR count). The molecule has 1 atom stereocenters. The third-order valence-electron chi connectivity index (χ3n) is 2.45. The summed E-state index contributed by atoms with van der Waals surface area (Å²) in [6.07, 6.45) is 0.411. The van der Waals surface area contributed by atoms with Gasteiger partial charge in [0, 0.05) is 17.1 Å². The summed E-state index contributed by atoms with van der Waals surface area (Å²) >= 11 is 3.40. The molecule has 94 valence electrons. The van der Waals surface area contributed by atoms with Gasteiger partial charge in [0.2, 0.25) is 0 Å². The van der Waals surface area contributed by atoms with E-state index in [4.69, 9.17) is 4.74 Å². The van der Waals surface area contributed by atoms with Gasteiger partial charge in [0.25, 0.3) is 0 Å². The van der Waals surface area contributed by atoms with Gasteiger partial charge in [-0.3, -0.25) is 4.79 Å². The maximum absolute atomic E-state index is 11.1. The Bertz CT molecular complexity index is 351. The van der Waals surface area contributed by atoms with Crippen LogP contribution in [0.4, 0.5) is 0 Å². The van der Waals surface area contributed by atoms with Crippen LogP contribution in [0.1, 0.15) is 31.9 Å². The van der Waals surface area contributed by atoms with Gasteiger partial charge in [-0.05, 0) is 31.5 Å². The summed E-state index contributed by atoms with van der Waals surface area (Å²) in [6.45, 7) is 4.97. The van der Waals surface area contributed by atoms with E-state index in [9.17, 15) is 4.79 Å². The van der Waals surface area contributed by atoms with Crippen molar-refractivity contribution >= 4 is 21.9 Å². The first-order valence-electron chi connectivity index (χ1n) is 5.78. The average Bonchev–Trinajstić information content (AvgIpc) is 2.30. The molecule has 0 saturated carbocycles. The zero-order chi connectivity index (χ0) is 12.7. The Morgan fingerprint density at radius 2 is 2.06 bits per heavy atom. The van der Waals surface area contributed by atoms with Crippen molar-refractivity contribution in [2.75, 3.05) is 13.2 Å². The molecule has 0 fully saturated rings. The zero-order valence-electron chi connectivity index (χ0n) is 10.2. The largest absolute Gasteiger partial charge is 0.466 e. The van der Waals surface area contributed by atoms with Gasteiger partial charge in [-0.1, -0.05) is 28.1 Å². The van der Waals surface area contributed by atoms with Crippen molar-refractivity contribution in [3.05, 3.63) is 34.3 Å². The van der Waals surface area contributed by atoms with E-state index in [2.05, 4.69) is 40.3 Å². The van der Waals surface area contributed by atoms with Crippen LogP contribution in [-0.4, -0.2) is 19.1 Å². The fourth-order valence-electron chi connectivity index (χ4n) is 1.49. The normalized spacial score (nSPS) is 12.2. The van der Waals surface area contributed by atoms with Gasteiger partial charge in [0.15, 0.2) is 0 Å². The van der Waals surface area contributed by atoms with Gasteiger partial charge in [-0.2, -0.15) is 0 Å². The van der Waals surface area contributed by atoms with Crippen LogP contribution < -0.4 is 5.32 Å². The molecule has 0 bridgehead atoms. The molecule has 4 heteroatoms. The van der Waals surface area contributed by atoms with E-state index in [-0.39, 0.29) is 12.0 Å². The summed E-state index contributed by atoms with van der Waals surface area (Å²) < 4.78 is 5.93. The second-order valence-electron chi connectivity index (χ2n) is 3.78. The van der Waals surface area contributed by atoms with Gasteiger partial charge in [-0.25, -0.2) is 0 Å². The van der Waals surface area contributed by atoms with Crippen molar-refractivity contribution in [3.63, 3.8) is 0 Å². The Labute approximate surface area is 111 Å². The van der Waals surface area contributed by atoms with E-state index in [1.165, 1.54) is 5.56 Å². The summed E-state index contributed by atoms with van der Waals surface area (Å²) in [5.74, 6) is -0.150. The Morgan fingerprint density at radius 1 is 1.41 bits per heavy atom. The number of hydrogen-bond donors (Lipinski definition) is 1. The van der Waals surface area contributed by atoms with Gasteiger partial charge < -0.3 is 10.1 Å². The number of rotatable bonds is 6. The van der Waals surface area contributed by atoms with Crippen molar-refractivity contribution in [2.24, 2.45) is 0 Å². The highest BCUT2D eigenvalue weighted by Crippen LogP contribution is 2.16. The summed E-state index contributed by atoms with van der Waals surface area (Å²) in [5, 5.41) is 3.29. The zero-order valence-corrected chi connectivity index (χ0v) is 11.8. The maximum atomic E-state index is 11.1. The molecule has 0 saturated heterocycles. The van der Waals surface area contributed by atoms with Crippen molar-refractivity contribution in [1.29, 1.82) is 0 Å². The van der Waals surface area contributed by atoms with Crippen LogP contribution in [0.5, 0.6) is 0 Å². The van der Waals surface area contributed by atoms with Crippen LogP contribution in [0.15, 0.2) is 28.7 Å². The molecule has 1 N–H and O–H groups in total. The van der Waals surface area contributed by atoms with Crippen LogP contribution in [-0.2, 0) is 9.53 Å². The molecular weight excluding hydrogens is 282 g/mol. The first-order valence-corrected chi connectivity index (χ1v) is 6.57. The van der Waals surface area contributed by atoms with E-state index in [1.54, 1.807) is 0 Å². The minimum Gasteiger partial charge on any atom is -0.466 e. The highest BCUT2D eigenvalue weighted by atomic mass is 79.9. The lowest BCUT2D eigenvalue weighted by molar-refractivity contribution is -0.143. The number of hydrogen-bond acceptors (Lipinski definition) is 3. The SMILES string of the molecule is CCOC(=O)CCN[C@@H](C)c1ccc(Br)cc1. The van der Waals surface area contributed by atoms with Crippen molar-refractivity contribution in [3.8, 4) is 0 Å². The number of halogens is 1. The van der Waals surface area contributed by atoms with E-state index in [0.29, 0.717) is 19.6 Å². The molecule has 0 unspecified atom stereocenters. The minimum atomic E-state index is -0.150. The average molecular weight is 300 g/mol. The van der Waals surface area contributed by atoms with Crippen molar-refractivity contribution in [2.45, 2.75) is 26.3 Å². The second-order valence-corrected chi connectivity index (χ2v) is 4.70. The van der Waals surface area contributed by atoms with E-state index in [0.717, 1.165) is 4.47 Å². The third-order valence-corrected chi connectivity index (χ3v) is 2.98. The molecule has 1 aromatic rings. The predicted octanol–water partition coefficient (Wildman–Crippen LogP) is 3.05. The van der Waals surface area contributed by atoms with Crippen molar-refractivity contribution in [1.82, 2.24) is 5.32 Å².